The van der Waals surface area contributed by atoms with Crippen molar-refractivity contribution in [2.75, 3.05) is 11.5 Å². The van der Waals surface area contributed by atoms with Crippen molar-refractivity contribution >= 4 is 32.1 Å². The fraction of sp³-hybridized carbons (Fsp3) is 0.100. The molecule has 2 aromatic rings. The van der Waals surface area contributed by atoms with Gasteiger partial charge in [0.2, 0.25) is 0 Å². The van der Waals surface area contributed by atoms with Crippen LogP contribution in [0.1, 0.15) is 5.56 Å². The fourth-order valence-corrected chi connectivity index (χ4v) is 2.29. The lowest BCUT2D eigenvalue weighted by molar-refractivity contribution is 1.27. The SMILES string of the molecule is N#CCc1cc(N)c2sc(N)cc2c1. The van der Waals surface area contributed by atoms with Crippen LogP contribution in [0.15, 0.2) is 18.2 Å². The van der Waals surface area contributed by atoms with E-state index in [-0.39, 0.29) is 0 Å². The van der Waals surface area contributed by atoms with Crippen LogP contribution in [0.5, 0.6) is 0 Å². The molecule has 4 heteroatoms. The van der Waals surface area contributed by atoms with Crippen molar-refractivity contribution < 1.29 is 0 Å². The molecule has 0 radical (unpaired) electrons. The number of hydrogen-bond donors (Lipinski definition) is 2. The molecule has 70 valence electrons. The van der Waals surface area contributed by atoms with Gasteiger partial charge in [0.25, 0.3) is 0 Å². The van der Waals surface area contributed by atoms with Crippen molar-refractivity contribution in [1.29, 1.82) is 5.26 Å². The zero-order valence-electron chi connectivity index (χ0n) is 7.45. The third-order valence-electron chi connectivity index (χ3n) is 2.01. The third-order valence-corrected chi connectivity index (χ3v) is 3.04. The van der Waals surface area contributed by atoms with Crippen molar-refractivity contribution in [2.24, 2.45) is 0 Å². The van der Waals surface area contributed by atoms with Gasteiger partial charge in [-0.2, -0.15) is 5.26 Å². The summed E-state index contributed by atoms with van der Waals surface area (Å²) in [6.07, 6.45) is 0.385. The molecule has 0 spiro atoms. The maximum Gasteiger partial charge on any atom is 0.0869 e. The number of nitriles is 1. The normalized spacial score (nSPS) is 10.2. The van der Waals surface area contributed by atoms with Gasteiger partial charge in [0.15, 0.2) is 0 Å². The number of hydrogen-bond acceptors (Lipinski definition) is 4. The summed E-state index contributed by atoms with van der Waals surface area (Å²) in [7, 11) is 0. The van der Waals surface area contributed by atoms with E-state index < -0.39 is 0 Å². The van der Waals surface area contributed by atoms with Crippen LogP contribution in [0.3, 0.4) is 0 Å². The number of nitrogens with zero attached hydrogens (tertiary/aromatic N) is 1. The molecule has 0 fully saturated rings. The summed E-state index contributed by atoms with van der Waals surface area (Å²) in [6.45, 7) is 0. The lowest BCUT2D eigenvalue weighted by Crippen LogP contribution is -1.88. The second kappa shape index (κ2) is 3.20. The van der Waals surface area contributed by atoms with Gasteiger partial charge in [-0.05, 0) is 29.1 Å². The number of nitrogen functional groups attached to an aromatic ring is 2. The Labute approximate surface area is 85.6 Å². The highest BCUT2D eigenvalue weighted by Crippen LogP contribution is 2.33. The van der Waals surface area contributed by atoms with Crippen LogP contribution in [-0.4, -0.2) is 0 Å². The van der Waals surface area contributed by atoms with E-state index in [2.05, 4.69) is 6.07 Å². The smallest absolute Gasteiger partial charge is 0.0869 e. The lowest BCUT2D eigenvalue weighted by Gasteiger charge is -1.99. The number of thiophene rings is 1. The Morgan fingerprint density at radius 1 is 1.29 bits per heavy atom. The van der Waals surface area contributed by atoms with E-state index in [0.717, 1.165) is 20.7 Å². The van der Waals surface area contributed by atoms with Crippen molar-refractivity contribution in [3.8, 4) is 6.07 Å². The van der Waals surface area contributed by atoms with Gasteiger partial charge in [-0.15, -0.1) is 11.3 Å². The maximum atomic E-state index is 8.57. The van der Waals surface area contributed by atoms with Crippen LogP contribution in [-0.2, 0) is 6.42 Å². The van der Waals surface area contributed by atoms with E-state index in [0.29, 0.717) is 12.1 Å². The van der Waals surface area contributed by atoms with Crippen LogP contribution in [0.4, 0.5) is 10.7 Å². The summed E-state index contributed by atoms with van der Waals surface area (Å²) in [5.41, 5.74) is 13.2. The summed E-state index contributed by atoms with van der Waals surface area (Å²) < 4.78 is 1.00. The Hall–Kier alpha value is -1.73. The van der Waals surface area contributed by atoms with Crippen LogP contribution in [0.2, 0.25) is 0 Å². The van der Waals surface area contributed by atoms with Crippen LogP contribution < -0.4 is 11.5 Å². The van der Waals surface area contributed by atoms with Gasteiger partial charge in [0.05, 0.1) is 22.2 Å². The van der Waals surface area contributed by atoms with Crippen LogP contribution in [0.25, 0.3) is 10.1 Å². The minimum atomic E-state index is 0.385. The number of benzene rings is 1. The number of nitrogens with two attached hydrogens (primary N) is 2. The maximum absolute atomic E-state index is 8.57. The van der Waals surface area contributed by atoms with E-state index in [4.69, 9.17) is 16.7 Å². The molecule has 0 amide bonds. The van der Waals surface area contributed by atoms with E-state index in [1.165, 1.54) is 11.3 Å². The summed E-state index contributed by atoms with van der Waals surface area (Å²) in [6, 6.07) is 7.78. The molecular formula is C10H9N3S. The monoisotopic (exact) mass is 203 g/mol. The standard InChI is InChI=1S/C10H9N3S/c11-2-1-6-3-7-5-9(13)14-10(7)8(12)4-6/h3-5H,1,12-13H2. The molecule has 4 N–H and O–H groups in total. The molecule has 3 nitrogen and oxygen atoms in total. The molecule has 1 heterocycles. The van der Waals surface area contributed by atoms with Gasteiger partial charge < -0.3 is 11.5 Å². The first-order valence-electron chi connectivity index (χ1n) is 4.15. The Kier molecular flexibility index (Phi) is 2.02. The van der Waals surface area contributed by atoms with Gasteiger partial charge >= 0.3 is 0 Å². The quantitative estimate of drug-likeness (QED) is 0.697. The van der Waals surface area contributed by atoms with Gasteiger partial charge in [-0.25, -0.2) is 0 Å². The first-order valence-corrected chi connectivity index (χ1v) is 4.96. The minimum Gasteiger partial charge on any atom is -0.398 e. The Balaban J connectivity index is 2.66. The molecule has 14 heavy (non-hydrogen) atoms. The van der Waals surface area contributed by atoms with Crippen molar-refractivity contribution in [2.45, 2.75) is 6.42 Å². The van der Waals surface area contributed by atoms with E-state index in [1.54, 1.807) is 0 Å². The highest BCUT2D eigenvalue weighted by atomic mass is 32.1. The molecule has 0 bridgehead atoms. The number of fused-ring (bicyclic) bond motifs is 1. The summed E-state index contributed by atoms with van der Waals surface area (Å²) in [5.74, 6) is 0. The Morgan fingerprint density at radius 3 is 2.79 bits per heavy atom. The van der Waals surface area contributed by atoms with Gasteiger partial charge in [0.1, 0.15) is 0 Å². The van der Waals surface area contributed by atoms with Crippen LogP contribution >= 0.6 is 11.3 Å². The molecular weight excluding hydrogens is 194 g/mol. The van der Waals surface area contributed by atoms with Crippen molar-refractivity contribution in [3.05, 3.63) is 23.8 Å². The second-order valence-corrected chi connectivity index (χ2v) is 4.17. The van der Waals surface area contributed by atoms with Gasteiger partial charge in [-0.1, -0.05) is 0 Å². The lowest BCUT2D eigenvalue weighted by atomic mass is 10.1. The number of anilines is 2. The number of rotatable bonds is 1. The average Bonchev–Trinajstić information content (AvgIpc) is 2.47. The van der Waals surface area contributed by atoms with E-state index in [1.807, 2.05) is 18.2 Å². The molecule has 0 unspecified atom stereocenters. The Bertz CT molecular complexity index is 522. The molecule has 1 aromatic heterocycles. The van der Waals surface area contributed by atoms with E-state index in [9.17, 15) is 0 Å². The van der Waals surface area contributed by atoms with E-state index >= 15 is 0 Å². The predicted molar refractivity (Wildman–Crippen MR) is 60.0 cm³/mol. The zero-order chi connectivity index (χ0) is 10.1. The Morgan fingerprint density at radius 2 is 2.07 bits per heavy atom. The van der Waals surface area contributed by atoms with Crippen molar-refractivity contribution in [1.82, 2.24) is 0 Å². The minimum absolute atomic E-state index is 0.385. The summed E-state index contributed by atoms with van der Waals surface area (Å²) in [5, 5.41) is 10.4. The van der Waals surface area contributed by atoms with Crippen LogP contribution in [0, 0.1) is 11.3 Å². The van der Waals surface area contributed by atoms with Gasteiger partial charge in [-0.3, -0.25) is 0 Å². The third kappa shape index (κ3) is 1.38. The highest BCUT2D eigenvalue weighted by Gasteiger charge is 2.04. The zero-order valence-corrected chi connectivity index (χ0v) is 8.27. The largest absolute Gasteiger partial charge is 0.398 e. The molecule has 0 saturated carbocycles. The molecule has 2 rings (SSSR count). The first kappa shape index (κ1) is 8.85. The molecule has 1 aromatic carbocycles. The molecule has 0 atom stereocenters. The molecule has 0 aliphatic heterocycles. The average molecular weight is 203 g/mol. The van der Waals surface area contributed by atoms with Crippen molar-refractivity contribution in [3.63, 3.8) is 0 Å². The molecule has 0 saturated heterocycles. The summed E-state index contributed by atoms with van der Waals surface area (Å²) >= 11 is 1.48. The predicted octanol–water partition coefficient (Wildman–Crippen LogP) is 2.13. The second-order valence-electron chi connectivity index (χ2n) is 3.09. The van der Waals surface area contributed by atoms with Gasteiger partial charge in [0, 0.05) is 5.69 Å². The topological polar surface area (TPSA) is 75.8 Å². The molecule has 0 aliphatic carbocycles. The fourth-order valence-electron chi connectivity index (χ4n) is 1.46. The summed E-state index contributed by atoms with van der Waals surface area (Å²) in [4.78, 5) is 0. The first-order chi connectivity index (χ1) is 6.70. The highest BCUT2D eigenvalue weighted by molar-refractivity contribution is 7.23. The molecule has 0 aliphatic rings.